The summed E-state index contributed by atoms with van der Waals surface area (Å²) in [6.07, 6.45) is 0.728. The summed E-state index contributed by atoms with van der Waals surface area (Å²) in [5.74, 6) is -0.645. The Kier molecular flexibility index (Phi) is 6.96. The number of hydrogen-bond donors (Lipinski definition) is 2. The third-order valence-corrected chi connectivity index (χ3v) is 4.77. The van der Waals surface area contributed by atoms with Gasteiger partial charge in [-0.05, 0) is 40.6 Å². The number of phenolic OH excluding ortho intramolecular Hbond substituents is 1. The van der Waals surface area contributed by atoms with E-state index in [0.29, 0.717) is 10.8 Å². The number of esters is 1. The molecule has 0 aliphatic rings. The number of ether oxygens (including phenoxy) is 1. The number of nitrogens with one attached hydrogen (secondary N) is 1. The van der Waals surface area contributed by atoms with Crippen LogP contribution in [0.2, 0.25) is 0 Å². The van der Waals surface area contributed by atoms with Crippen LogP contribution in [0.1, 0.15) is 20.3 Å². The van der Waals surface area contributed by atoms with Gasteiger partial charge in [-0.25, -0.2) is 4.79 Å². The fraction of sp³-hybridized carbons (Fsp3) is 0.438. The molecule has 2 aromatic rings. The average Bonchev–Trinajstić information content (AvgIpc) is 3.12. The van der Waals surface area contributed by atoms with Crippen LogP contribution in [0, 0.1) is 5.92 Å². The molecule has 2 atom stereocenters. The van der Waals surface area contributed by atoms with Gasteiger partial charge in [-0.2, -0.15) is 4.68 Å². The lowest BCUT2D eigenvalue weighted by atomic mass is 9.99. The zero-order chi connectivity index (χ0) is 19.1. The van der Waals surface area contributed by atoms with Gasteiger partial charge in [0.25, 0.3) is 0 Å². The Morgan fingerprint density at radius 1 is 1.35 bits per heavy atom. The van der Waals surface area contributed by atoms with Gasteiger partial charge >= 0.3 is 5.97 Å². The molecule has 26 heavy (non-hydrogen) atoms. The fourth-order valence-electron chi connectivity index (χ4n) is 2.17. The lowest BCUT2D eigenvalue weighted by molar-refractivity contribution is -0.146. The van der Waals surface area contributed by atoms with E-state index in [1.54, 1.807) is 12.1 Å². The number of aromatic nitrogens is 4. The average molecular weight is 379 g/mol. The van der Waals surface area contributed by atoms with Crippen molar-refractivity contribution in [1.29, 1.82) is 0 Å². The highest BCUT2D eigenvalue weighted by Gasteiger charge is 2.26. The predicted octanol–water partition coefficient (Wildman–Crippen LogP) is 1.16. The van der Waals surface area contributed by atoms with Crippen LogP contribution >= 0.6 is 11.8 Å². The number of carbonyl (C=O) groups is 2. The Morgan fingerprint density at radius 2 is 2.04 bits per heavy atom. The van der Waals surface area contributed by atoms with Gasteiger partial charge in [-0.15, -0.1) is 5.10 Å². The van der Waals surface area contributed by atoms with Crippen LogP contribution in [0.15, 0.2) is 29.4 Å². The van der Waals surface area contributed by atoms with E-state index in [1.807, 2.05) is 13.8 Å². The molecule has 0 radical (unpaired) electrons. The first-order valence-electron chi connectivity index (χ1n) is 8.04. The summed E-state index contributed by atoms with van der Waals surface area (Å²) in [6, 6.07) is 5.67. The van der Waals surface area contributed by atoms with E-state index in [0.717, 1.165) is 18.2 Å². The number of nitrogens with zero attached hydrogens (tertiary/aromatic N) is 4. The first kappa shape index (κ1) is 19.7. The number of carbonyl (C=O) groups excluding carboxylic acids is 2. The normalized spacial score (nSPS) is 13.0. The van der Waals surface area contributed by atoms with E-state index in [-0.39, 0.29) is 23.3 Å². The summed E-state index contributed by atoms with van der Waals surface area (Å²) in [4.78, 5) is 24.1. The quantitative estimate of drug-likeness (QED) is 0.518. The Hall–Kier alpha value is -2.62. The second-order valence-electron chi connectivity index (χ2n) is 5.63. The Bertz CT molecular complexity index is 749. The van der Waals surface area contributed by atoms with Crippen molar-refractivity contribution in [2.45, 2.75) is 31.5 Å². The van der Waals surface area contributed by atoms with Gasteiger partial charge in [0.2, 0.25) is 11.1 Å². The number of hydrogen-bond acceptors (Lipinski definition) is 8. The van der Waals surface area contributed by atoms with Gasteiger partial charge in [-0.1, -0.05) is 32.0 Å². The van der Waals surface area contributed by atoms with Crippen molar-refractivity contribution >= 4 is 23.6 Å². The van der Waals surface area contributed by atoms with Crippen LogP contribution < -0.4 is 5.32 Å². The summed E-state index contributed by atoms with van der Waals surface area (Å²) in [5.41, 5.74) is 0.655. The SMILES string of the molecule is CC[C@H](C)[C@@H](NC(=O)CSc1nnnn1-c1ccc(O)cc1)C(=O)OC. The maximum absolute atomic E-state index is 12.2. The maximum Gasteiger partial charge on any atom is 0.328 e. The fourth-order valence-corrected chi connectivity index (χ4v) is 2.87. The molecule has 2 rings (SSSR count). The highest BCUT2D eigenvalue weighted by molar-refractivity contribution is 7.99. The second kappa shape index (κ2) is 9.18. The van der Waals surface area contributed by atoms with Gasteiger partial charge in [0.05, 0.1) is 18.6 Å². The van der Waals surface area contributed by atoms with Crippen molar-refractivity contribution in [3.63, 3.8) is 0 Å². The standard InChI is InChI=1S/C16H21N5O4S/c1-4-10(2)14(15(24)25-3)17-13(23)9-26-16-18-19-20-21(16)11-5-7-12(22)8-6-11/h5-8,10,14,22H,4,9H2,1-3H3,(H,17,23)/t10-,14+/m0/s1. The number of tetrazole rings is 1. The molecule has 0 spiro atoms. The zero-order valence-corrected chi connectivity index (χ0v) is 15.6. The van der Waals surface area contributed by atoms with Crippen LogP contribution in [-0.2, 0) is 14.3 Å². The van der Waals surface area contributed by atoms with E-state index < -0.39 is 12.0 Å². The van der Waals surface area contributed by atoms with Gasteiger partial charge in [0.15, 0.2) is 0 Å². The number of phenols is 1. The molecule has 1 aromatic carbocycles. The number of amides is 1. The number of rotatable bonds is 8. The van der Waals surface area contributed by atoms with Gasteiger partial charge in [0.1, 0.15) is 11.8 Å². The number of methoxy groups -OCH3 is 1. The maximum atomic E-state index is 12.2. The lowest BCUT2D eigenvalue weighted by Crippen LogP contribution is -2.46. The van der Waals surface area contributed by atoms with Gasteiger partial charge in [-0.3, -0.25) is 4.79 Å². The van der Waals surface area contributed by atoms with Crippen LogP contribution in [0.3, 0.4) is 0 Å². The highest BCUT2D eigenvalue weighted by Crippen LogP contribution is 2.20. The van der Waals surface area contributed by atoms with Crippen molar-refractivity contribution in [3.05, 3.63) is 24.3 Å². The molecule has 2 N–H and O–H groups in total. The topological polar surface area (TPSA) is 119 Å². The molecular weight excluding hydrogens is 358 g/mol. The van der Waals surface area contributed by atoms with Crippen molar-refractivity contribution in [2.24, 2.45) is 5.92 Å². The third kappa shape index (κ3) is 4.94. The van der Waals surface area contributed by atoms with E-state index in [4.69, 9.17) is 4.74 Å². The molecule has 1 amide bonds. The molecule has 0 fully saturated rings. The van der Waals surface area contributed by atoms with E-state index >= 15 is 0 Å². The molecule has 1 heterocycles. The van der Waals surface area contributed by atoms with Crippen LogP contribution in [0.4, 0.5) is 0 Å². The molecule has 9 nitrogen and oxygen atoms in total. The third-order valence-electron chi connectivity index (χ3n) is 3.85. The second-order valence-corrected chi connectivity index (χ2v) is 6.57. The van der Waals surface area contributed by atoms with E-state index in [2.05, 4.69) is 20.8 Å². The summed E-state index contributed by atoms with van der Waals surface area (Å²) >= 11 is 1.14. The first-order valence-corrected chi connectivity index (χ1v) is 9.02. The minimum absolute atomic E-state index is 0.0429. The van der Waals surface area contributed by atoms with Gasteiger partial charge < -0.3 is 15.2 Å². The number of thioether (sulfide) groups is 1. The molecule has 0 saturated carbocycles. The molecule has 0 aliphatic heterocycles. The van der Waals surface area contributed by atoms with E-state index in [1.165, 1.54) is 23.9 Å². The molecule has 0 bridgehead atoms. The van der Waals surface area contributed by atoms with Crippen molar-refractivity contribution in [3.8, 4) is 11.4 Å². The van der Waals surface area contributed by atoms with Gasteiger partial charge in [0, 0.05) is 0 Å². The summed E-state index contributed by atoms with van der Waals surface area (Å²) in [6.45, 7) is 3.81. The summed E-state index contributed by atoms with van der Waals surface area (Å²) in [7, 11) is 1.30. The minimum Gasteiger partial charge on any atom is -0.508 e. The minimum atomic E-state index is -0.689. The van der Waals surface area contributed by atoms with Crippen molar-refractivity contribution < 1.29 is 19.4 Å². The monoisotopic (exact) mass is 379 g/mol. The molecule has 0 unspecified atom stereocenters. The number of aromatic hydroxyl groups is 1. The molecular formula is C16H21N5O4S. The van der Waals surface area contributed by atoms with Crippen LogP contribution in [-0.4, -0.2) is 56.1 Å². The Morgan fingerprint density at radius 3 is 2.65 bits per heavy atom. The Balaban J connectivity index is 2.00. The number of benzene rings is 1. The van der Waals surface area contributed by atoms with E-state index in [9.17, 15) is 14.7 Å². The Labute approximate surface area is 155 Å². The smallest absolute Gasteiger partial charge is 0.328 e. The van der Waals surface area contributed by atoms with Crippen molar-refractivity contribution in [2.75, 3.05) is 12.9 Å². The van der Waals surface area contributed by atoms with Crippen LogP contribution in [0.5, 0.6) is 5.75 Å². The highest BCUT2D eigenvalue weighted by atomic mass is 32.2. The molecule has 0 saturated heterocycles. The first-order chi connectivity index (χ1) is 12.5. The molecule has 10 heteroatoms. The lowest BCUT2D eigenvalue weighted by Gasteiger charge is -2.21. The van der Waals surface area contributed by atoms with Crippen molar-refractivity contribution in [1.82, 2.24) is 25.5 Å². The largest absolute Gasteiger partial charge is 0.508 e. The predicted molar refractivity (Wildman–Crippen MR) is 94.9 cm³/mol. The molecule has 1 aromatic heterocycles. The molecule has 140 valence electrons. The summed E-state index contributed by atoms with van der Waals surface area (Å²) in [5, 5.41) is 23.9. The molecule has 0 aliphatic carbocycles. The summed E-state index contributed by atoms with van der Waals surface area (Å²) < 4.78 is 6.22. The van der Waals surface area contributed by atoms with Crippen LogP contribution in [0.25, 0.3) is 5.69 Å². The zero-order valence-electron chi connectivity index (χ0n) is 14.7.